The number of nitrogens with zero attached hydrogens (tertiary/aromatic N) is 1. The Balaban J connectivity index is 2.24. The molecule has 0 aliphatic heterocycles. The molecule has 0 saturated carbocycles. The molecule has 0 amide bonds. The lowest BCUT2D eigenvalue weighted by molar-refractivity contribution is 0.0743. The standard InChI is InChI=1S/C10H18N2OS/c1-4-13-8(2)7-12-9(3)10-11-5-6-14-10/h5-6,8-9,12H,4,7H2,1-3H3. The average molecular weight is 214 g/mol. The first-order chi connectivity index (χ1) is 6.74. The van der Waals surface area contributed by atoms with Crippen LogP contribution < -0.4 is 5.32 Å². The van der Waals surface area contributed by atoms with Crippen LogP contribution in [0, 0.1) is 0 Å². The van der Waals surface area contributed by atoms with Crippen molar-refractivity contribution in [3.05, 3.63) is 16.6 Å². The van der Waals surface area contributed by atoms with E-state index >= 15 is 0 Å². The summed E-state index contributed by atoms with van der Waals surface area (Å²) in [5.74, 6) is 0. The Bertz CT molecular complexity index is 238. The number of hydrogen-bond acceptors (Lipinski definition) is 4. The largest absolute Gasteiger partial charge is 0.377 e. The van der Waals surface area contributed by atoms with Crippen molar-refractivity contribution in [3.8, 4) is 0 Å². The maximum Gasteiger partial charge on any atom is 0.109 e. The van der Waals surface area contributed by atoms with Gasteiger partial charge in [-0.3, -0.25) is 0 Å². The van der Waals surface area contributed by atoms with Gasteiger partial charge in [0.15, 0.2) is 0 Å². The van der Waals surface area contributed by atoms with Crippen molar-refractivity contribution < 1.29 is 4.74 Å². The number of rotatable bonds is 6. The van der Waals surface area contributed by atoms with Crippen LogP contribution in [-0.4, -0.2) is 24.2 Å². The van der Waals surface area contributed by atoms with Crippen LogP contribution in [0.2, 0.25) is 0 Å². The third-order valence-electron chi connectivity index (χ3n) is 1.98. The lowest BCUT2D eigenvalue weighted by Crippen LogP contribution is -2.29. The lowest BCUT2D eigenvalue weighted by Gasteiger charge is -2.16. The molecule has 3 nitrogen and oxygen atoms in total. The normalized spacial score (nSPS) is 15.4. The SMILES string of the molecule is CCOC(C)CNC(C)c1nccs1. The molecule has 2 atom stereocenters. The minimum Gasteiger partial charge on any atom is -0.377 e. The molecule has 0 saturated heterocycles. The Hall–Kier alpha value is -0.450. The fraction of sp³-hybridized carbons (Fsp3) is 0.700. The molecule has 0 aliphatic carbocycles. The quantitative estimate of drug-likeness (QED) is 0.788. The van der Waals surface area contributed by atoms with Gasteiger partial charge in [0.2, 0.25) is 0 Å². The van der Waals surface area contributed by atoms with E-state index in [1.54, 1.807) is 11.3 Å². The predicted octanol–water partition coefficient (Wildman–Crippen LogP) is 2.22. The molecular formula is C10H18N2OS. The zero-order valence-electron chi connectivity index (χ0n) is 8.99. The number of aromatic nitrogens is 1. The minimum absolute atomic E-state index is 0.266. The Labute approximate surface area is 89.5 Å². The third kappa shape index (κ3) is 3.74. The highest BCUT2D eigenvalue weighted by Gasteiger charge is 2.08. The molecule has 1 heterocycles. The summed E-state index contributed by atoms with van der Waals surface area (Å²) in [7, 11) is 0. The van der Waals surface area contributed by atoms with E-state index in [4.69, 9.17) is 4.74 Å². The molecule has 0 spiro atoms. The topological polar surface area (TPSA) is 34.1 Å². The fourth-order valence-electron chi connectivity index (χ4n) is 1.22. The van der Waals surface area contributed by atoms with Gasteiger partial charge in [0.05, 0.1) is 12.1 Å². The molecular weight excluding hydrogens is 196 g/mol. The molecule has 1 N–H and O–H groups in total. The molecule has 0 aliphatic rings. The zero-order chi connectivity index (χ0) is 10.4. The first-order valence-electron chi connectivity index (χ1n) is 4.98. The van der Waals surface area contributed by atoms with Gasteiger partial charge in [0.25, 0.3) is 0 Å². The molecule has 0 fully saturated rings. The van der Waals surface area contributed by atoms with Crippen molar-refractivity contribution in [3.63, 3.8) is 0 Å². The van der Waals surface area contributed by atoms with Crippen LogP contribution >= 0.6 is 11.3 Å². The molecule has 0 bridgehead atoms. The molecule has 0 aromatic carbocycles. The van der Waals surface area contributed by atoms with E-state index in [9.17, 15) is 0 Å². The highest BCUT2D eigenvalue weighted by Crippen LogP contribution is 2.14. The van der Waals surface area contributed by atoms with Crippen molar-refractivity contribution in [2.45, 2.75) is 32.9 Å². The second-order valence-electron chi connectivity index (χ2n) is 3.27. The monoisotopic (exact) mass is 214 g/mol. The molecule has 80 valence electrons. The summed E-state index contributed by atoms with van der Waals surface area (Å²) >= 11 is 1.68. The summed E-state index contributed by atoms with van der Waals surface area (Å²) in [6, 6.07) is 0.318. The van der Waals surface area contributed by atoms with Crippen LogP contribution in [0.5, 0.6) is 0 Å². The summed E-state index contributed by atoms with van der Waals surface area (Å²) in [4.78, 5) is 4.26. The van der Waals surface area contributed by atoms with Gasteiger partial charge in [-0.1, -0.05) is 0 Å². The van der Waals surface area contributed by atoms with Crippen LogP contribution in [0.25, 0.3) is 0 Å². The van der Waals surface area contributed by atoms with Crippen molar-refractivity contribution >= 4 is 11.3 Å². The van der Waals surface area contributed by atoms with Gasteiger partial charge < -0.3 is 10.1 Å². The van der Waals surface area contributed by atoms with Crippen molar-refractivity contribution in [1.82, 2.24) is 10.3 Å². The number of nitrogens with one attached hydrogen (secondary N) is 1. The van der Waals surface area contributed by atoms with Crippen molar-refractivity contribution in [2.24, 2.45) is 0 Å². The molecule has 14 heavy (non-hydrogen) atoms. The van der Waals surface area contributed by atoms with E-state index in [-0.39, 0.29) is 6.10 Å². The Morgan fingerprint density at radius 3 is 2.93 bits per heavy atom. The van der Waals surface area contributed by atoms with Gasteiger partial charge in [0.1, 0.15) is 5.01 Å². The Morgan fingerprint density at radius 2 is 2.36 bits per heavy atom. The first kappa shape index (κ1) is 11.6. The van der Waals surface area contributed by atoms with Gasteiger partial charge >= 0.3 is 0 Å². The number of ether oxygens (including phenoxy) is 1. The molecule has 0 radical (unpaired) electrons. The molecule has 1 rings (SSSR count). The summed E-state index contributed by atoms with van der Waals surface area (Å²) < 4.78 is 5.43. The molecule has 1 aromatic rings. The van der Waals surface area contributed by atoms with E-state index in [1.807, 2.05) is 18.5 Å². The highest BCUT2D eigenvalue weighted by molar-refractivity contribution is 7.09. The third-order valence-corrected chi connectivity index (χ3v) is 2.94. The van der Waals surface area contributed by atoms with Gasteiger partial charge in [-0.2, -0.15) is 0 Å². The van der Waals surface area contributed by atoms with Crippen LogP contribution in [0.4, 0.5) is 0 Å². The smallest absolute Gasteiger partial charge is 0.109 e. The zero-order valence-corrected chi connectivity index (χ0v) is 9.80. The molecule has 1 aromatic heterocycles. The maximum absolute atomic E-state index is 5.43. The van der Waals surface area contributed by atoms with Gasteiger partial charge in [-0.05, 0) is 20.8 Å². The second kappa shape index (κ2) is 6.11. The van der Waals surface area contributed by atoms with Crippen molar-refractivity contribution in [1.29, 1.82) is 0 Å². The minimum atomic E-state index is 0.266. The summed E-state index contributed by atoms with van der Waals surface area (Å²) in [6.45, 7) is 7.85. The van der Waals surface area contributed by atoms with Crippen LogP contribution in [0.1, 0.15) is 31.8 Å². The average Bonchev–Trinajstić information content (AvgIpc) is 2.67. The van der Waals surface area contributed by atoms with E-state index in [0.29, 0.717) is 6.04 Å². The van der Waals surface area contributed by atoms with Gasteiger partial charge in [-0.15, -0.1) is 11.3 Å². The maximum atomic E-state index is 5.43. The van der Waals surface area contributed by atoms with E-state index in [2.05, 4.69) is 24.1 Å². The van der Waals surface area contributed by atoms with E-state index < -0.39 is 0 Å². The van der Waals surface area contributed by atoms with Crippen molar-refractivity contribution in [2.75, 3.05) is 13.2 Å². The number of hydrogen-bond donors (Lipinski definition) is 1. The summed E-state index contributed by atoms with van der Waals surface area (Å²) in [5, 5.41) is 6.53. The van der Waals surface area contributed by atoms with Crippen LogP contribution in [0.3, 0.4) is 0 Å². The predicted molar refractivity (Wildman–Crippen MR) is 59.6 cm³/mol. The fourth-order valence-corrected chi connectivity index (χ4v) is 1.89. The Kier molecular flexibility index (Phi) is 5.07. The summed E-state index contributed by atoms with van der Waals surface area (Å²) in [6.07, 6.45) is 2.10. The second-order valence-corrected chi connectivity index (χ2v) is 4.19. The molecule has 4 heteroatoms. The van der Waals surface area contributed by atoms with E-state index in [1.165, 1.54) is 0 Å². The highest BCUT2D eigenvalue weighted by atomic mass is 32.1. The summed E-state index contributed by atoms with van der Waals surface area (Å²) in [5.41, 5.74) is 0. The Morgan fingerprint density at radius 1 is 1.57 bits per heavy atom. The molecule has 2 unspecified atom stereocenters. The lowest BCUT2D eigenvalue weighted by atomic mass is 10.3. The van der Waals surface area contributed by atoms with Crippen LogP contribution in [-0.2, 0) is 4.74 Å². The van der Waals surface area contributed by atoms with Crippen LogP contribution in [0.15, 0.2) is 11.6 Å². The first-order valence-corrected chi connectivity index (χ1v) is 5.86. The van der Waals surface area contributed by atoms with Gasteiger partial charge in [0, 0.05) is 24.7 Å². The van der Waals surface area contributed by atoms with Gasteiger partial charge in [-0.25, -0.2) is 4.98 Å². The number of thiazole rings is 1. The van der Waals surface area contributed by atoms with E-state index in [0.717, 1.165) is 18.2 Å².